The Hall–Kier alpha value is -1.87. The third-order valence-corrected chi connectivity index (χ3v) is 6.39. The first-order valence-electron chi connectivity index (χ1n) is 10.6. The minimum Gasteiger partial charge on any atom is -0.300 e. The summed E-state index contributed by atoms with van der Waals surface area (Å²) in [6.07, 6.45) is 4.08. The van der Waals surface area contributed by atoms with Gasteiger partial charge in [0.2, 0.25) is 0 Å². The predicted molar refractivity (Wildman–Crippen MR) is 125 cm³/mol. The van der Waals surface area contributed by atoms with Crippen LogP contribution in [0.25, 0.3) is 0 Å². The lowest BCUT2D eigenvalue weighted by Crippen LogP contribution is -2.05. The number of hydrogen-bond acceptors (Lipinski definition) is 3. The van der Waals surface area contributed by atoms with Crippen molar-refractivity contribution in [2.24, 2.45) is 0 Å². The highest BCUT2D eigenvalue weighted by Crippen LogP contribution is 2.16. The number of ketones is 2. The fourth-order valence-corrected chi connectivity index (χ4v) is 4.36. The van der Waals surface area contributed by atoms with Gasteiger partial charge >= 0.3 is 0 Å². The maximum atomic E-state index is 12.1. The summed E-state index contributed by atoms with van der Waals surface area (Å²) in [5.41, 5.74) is 7.57. The number of hydrogen-bond donors (Lipinski definition) is 0. The Morgan fingerprint density at radius 3 is 1.48 bits per heavy atom. The fraction of sp³-hybridized carbons (Fsp3) is 0.462. The average Bonchev–Trinajstić information content (AvgIpc) is 2.69. The number of benzene rings is 2. The van der Waals surface area contributed by atoms with Gasteiger partial charge in [0, 0.05) is 37.2 Å². The molecule has 0 unspecified atom stereocenters. The molecule has 0 saturated carbocycles. The van der Waals surface area contributed by atoms with Gasteiger partial charge in [-0.05, 0) is 62.8 Å². The molecule has 0 radical (unpaired) electrons. The van der Waals surface area contributed by atoms with Crippen molar-refractivity contribution in [1.82, 2.24) is 0 Å². The van der Waals surface area contributed by atoms with Gasteiger partial charge in [0.25, 0.3) is 0 Å². The number of carbonyl (C=O) groups excluding carboxylic acids is 2. The van der Waals surface area contributed by atoms with E-state index in [9.17, 15) is 9.59 Å². The van der Waals surface area contributed by atoms with Crippen molar-refractivity contribution in [2.75, 3.05) is 11.5 Å². The Labute approximate surface area is 180 Å². The normalized spacial score (nSPS) is 10.9. The van der Waals surface area contributed by atoms with E-state index in [-0.39, 0.29) is 0 Å². The fourth-order valence-electron chi connectivity index (χ4n) is 3.41. The zero-order valence-electron chi connectivity index (χ0n) is 18.3. The lowest BCUT2D eigenvalue weighted by molar-refractivity contribution is -0.119. The summed E-state index contributed by atoms with van der Waals surface area (Å²) in [7, 11) is 0. The molecule has 0 atom stereocenters. The molecular weight excluding hydrogens is 376 g/mol. The smallest absolute Gasteiger partial charge is 0.134 e. The summed E-state index contributed by atoms with van der Waals surface area (Å²) in [6.45, 7) is 8.38. The molecule has 0 fully saturated rings. The predicted octanol–water partition coefficient (Wildman–Crippen LogP) is 6.14. The molecule has 3 heteroatoms. The summed E-state index contributed by atoms with van der Waals surface area (Å²) in [5.74, 6) is 2.27. The summed E-state index contributed by atoms with van der Waals surface area (Å²) in [5, 5.41) is 0. The summed E-state index contributed by atoms with van der Waals surface area (Å²) in [4.78, 5) is 24.3. The maximum Gasteiger partial charge on any atom is 0.134 e. The highest BCUT2D eigenvalue weighted by molar-refractivity contribution is 7.99. The van der Waals surface area contributed by atoms with E-state index in [1.165, 1.54) is 33.4 Å². The van der Waals surface area contributed by atoms with Crippen LogP contribution in [0.15, 0.2) is 36.4 Å². The van der Waals surface area contributed by atoms with Crippen LogP contribution in [-0.2, 0) is 22.4 Å². The van der Waals surface area contributed by atoms with Crippen LogP contribution in [0.3, 0.4) is 0 Å². The standard InChI is InChI=1S/C26H34O2S/c1-19-5-7-21(3)23(17-19)9-11-25(27)13-15-29-16-14-26(28)12-10-24-18-20(2)6-8-22(24)4/h5-8,17-18H,9-16H2,1-4H3. The molecule has 0 aromatic heterocycles. The van der Waals surface area contributed by atoms with Crippen LogP contribution in [0.4, 0.5) is 0 Å². The Morgan fingerprint density at radius 2 is 1.07 bits per heavy atom. The third-order valence-electron chi connectivity index (χ3n) is 5.41. The van der Waals surface area contributed by atoms with Gasteiger partial charge in [0.15, 0.2) is 0 Å². The lowest BCUT2D eigenvalue weighted by Gasteiger charge is -2.07. The quantitative estimate of drug-likeness (QED) is 0.394. The molecule has 0 bridgehead atoms. The Morgan fingerprint density at radius 1 is 0.655 bits per heavy atom. The molecule has 0 aliphatic carbocycles. The second kappa shape index (κ2) is 12.0. The molecule has 0 heterocycles. The SMILES string of the molecule is Cc1ccc(C)c(CCC(=O)CCSCCC(=O)CCc2cc(C)ccc2C)c1. The van der Waals surface area contributed by atoms with Crippen LogP contribution in [0.5, 0.6) is 0 Å². The number of rotatable bonds is 12. The number of aryl methyl sites for hydroxylation is 6. The molecule has 2 nitrogen and oxygen atoms in total. The van der Waals surface area contributed by atoms with Crippen molar-refractivity contribution in [1.29, 1.82) is 0 Å². The Balaban J connectivity index is 1.57. The first-order valence-corrected chi connectivity index (χ1v) is 11.7. The molecule has 2 rings (SSSR count). The van der Waals surface area contributed by atoms with Crippen LogP contribution in [0.2, 0.25) is 0 Å². The number of thioether (sulfide) groups is 1. The van der Waals surface area contributed by atoms with Crippen LogP contribution in [0, 0.1) is 27.7 Å². The molecule has 0 spiro atoms. The minimum absolute atomic E-state index is 0.319. The van der Waals surface area contributed by atoms with E-state index in [0.29, 0.717) is 37.2 Å². The van der Waals surface area contributed by atoms with Crippen LogP contribution < -0.4 is 0 Å². The van der Waals surface area contributed by atoms with Crippen molar-refractivity contribution in [2.45, 2.75) is 66.2 Å². The molecular formula is C26H34O2S. The molecule has 0 N–H and O–H groups in total. The van der Waals surface area contributed by atoms with Crippen molar-refractivity contribution >= 4 is 23.3 Å². The minimum atomic E-state index is 0.319. The van der Waals surface area contributed by atoms with Gasteiger partial charge in [0.05, 0.1) is 0 Å². The molecule has 0 saturated heterocycles. The van der Waals surface area contributed by atoms with Gasteiger partial charge in [-0.3, -0.25) is 9.59 Å². The van der Waals surface area contributed by atoms with E-state index in [2.05, 4.69) is 64.1 Å². The van der Waals surface area contributed by atoms with Gasteiger partial charge < -0.3 is 0 Å². The first kappa shape index (κ1) is 23.4. The topological polar surface area (TPSA) is 34.1 Å². The molecule has 2 aromatic carbocycles. The van der Waals surface area contributed by atoms with Gasteiger partial charge in [-0.1, -0.05) is 47.5 Å². The highest BCUT2D eigenvalue weighted by Gasteiger charge is 2.07. The van der Waals surface area contributed by atoms with Gasteiger partial charge in [-0.25, -0.2) is 0 Å². The van der Waals surface area contributed by atoms with E-state index in [1.54, 1.807) is 11.8 Å². The van der Waals surface area contributed by atoms with E-state index in [1.807, 2.05) is 0 Å². The molecule has 0 aliphatic rings. The summed E-state index contributed by atoms with van der Waals surface area (Å²) in [6, 6.07) is 12.8. The zero-order valence-corrected chi connectivity index (χ0v) is 19.2. The van der Waals surface area contributed by atoms with Crippen molar-refractivity contribution in [3.05, 3.63) is 69.8 Å². The number of carbonyl (C=O) groups is 2. The molecule has 2 aromatic rings. The highest BCUT2D eigenvalue weighted by atomic mass is 32.2. The molecule has 0 aliphatic heterocycles. The zero-order chi connectivity index (χ0) is 21.2. The van der Waals surface area contributed by atoms with E-state index >= 15 is 0 Å². The third kappa shape index (κ3) is 8.57. The van der Waals surface area contributed by atoms with Crippen molar-refractivity contribution < 1.29 is 9.59 Å². The summed E-state index contributed by atoms with van der Waals surface area (Å²) < 4.78 is 0. The van der Waals surface area contributed by atoms with Crippen molar-refractivity contribution in [3.8, 4) is 0 Å². The van der Waals surface area contributed by atoms with Crippen LogP contribution in [-0.4, -0.2) is 23.1 Å². The maximum absolute atomic E-state index is 12.1. The molecule has 29 heavy (non-hydrogen) atoms. The molecule has 0 amide bonds. The van der Waals surface area contributed by atoms with Crippen molar-refractivity contribution in [3.63, 3.8) is 0 Å². The molecule has 156 valence electrons. The average molecular weight is 411 g/mol. The lowest BCUT2D eigenvalue weighted by atomic mass is 10.00. The second-order valence-corrected chi connectivity index (χ2v) is 9.27. The first-order chi connectivity index (χ1) is 13.8. The van der Waals surface area contributed by atoms with E-state index in [0.717, 1.165) is 24.3 Å². The second-order valence-electron chi connectivity index (χ2n) is 8.05. The van der Waals surface area contributed by atoms with Crippen LogP contribution >= 0.6 is 11.8 Å². The van der Waals surface area contributed by atoms with Gasteiger partial charge in [0.1, 0.15) is 11.6 Å². The van der Waals surface area contributed by atoms with Gasteiger partial charge in [-0.15, -0.1) is 0 Å². The number of Topliss-reactive ketones (excluding diaryl/α,β-unsaturated/α-hetero) is 2. The summed E-state index contributed by atoms with van der Waals surface area (Å²) >= 11 is 1.72. The van der Waals surface area contributed by atoms with Gasteiger partial charge in [-0.2, -0.15) is 11.8 Å². The van der Waals surface area contributed by atoms with Crippen LogP contribution in [0.1, 0.15) is 59.1 Å². The largest absolute Gasteiger partial charge is 0.300 e. The monoisotopic (exact) mass is 410 g/mol. The van der Waals surface area contributed by atoms with E-state index in [4.69, 9.17) is 0 Å². The Bertz CT molecular complexity index is 769. The van der Waals surface area contributed by atoms with E-state index < -0.39 is 0 Å². The Kier molecular flexibility index (Phi) is 9.66.